The van der Waals surface area contributed by atoms with E-state index in [2.05, 4.69) is 22.3 Å². The van der Waals surface area contributed by atoms with E-state index in [1.54, 1.807) is 0 Å². The molecule has 3 nitrogen and oxygen atoms in total. The molecule has 0 radical (unpaired) electrons. The first kappa shape index (κ1) is 14.2. The smallest absolute Gasteiger partial charge is 0.0460 e. The third-order valence-electron chi connectivity index (χ3n) is 4.42. The van der Waals surface area contributed by atoms with Gasteiger partial charge in [-0.3, -0.25) is 0 Å². The van der Waals surface area contributed by atoms with Gasteiger partial charge in [-0.1, -0.05) is 17.7 Å². The van der Waals surface area contributed by atoms with Crippen LogP contribution in [0.3, 0.4) is 0 Å². The van der Waals surface area contributed by atoms with Crippen LogP contribution in [-0.4, -0.2) is 30.8 Å². The van der Waals surface area contributed by atoms with Crippen LogP contribution in [0.4, 0.5) is 5.69 Å². The number of nitrogens with one attached hydrogen (secondary N) is 1. The summed E-state index contributed by atoms with van der Waals surface area (Å²) in [6.07, 6.45) is 4.76. The minimum absolute atomic E-state index is 0.319. The lowest BCUT2D eigenvalue weighted by Crippen LogP contribution is -2.35. The summed E-state index contributed by atoms with van der Waals surface area (Å²) in [4.78, 5) is 2.42. The molecule has 3 rings (SSSR count). The van der Waals surface area contributed by atoms with Crippen LogP contribution < -0.4 is 10.2 Å². The zero-order valence-corrected chi connectivity index (χ0v) is 12.6. The van der Waals surface area contributed by atoms with E-state index < -0.39 is 0 Å². The van der Waals surface area contributed by atoms with E-state index in [1.807, 2.05) is 6.07 Å². The molecule has 20 heavy (non-hydrogen) atoms. The topological polar surface area (TPSA) is 35.5 Å². The number of aliphatic hydroxyl groups is 1. The molecule has 1 heterocycles. The van der Waals surface area contributed by atoms with Crippen LogP contribution in [0, 0.1) is 5.92 Å². The van der Waals surface area contributed by atoms with Crippen molar-refractivity contribution >= 4 is 17.3 Å². The third-order valence-corrected chi connectivity index (χ3v) is 4.65. The van der Waals surface area contributed by atoms with Crippen LogP contribution in [0.1, 0.15) is 31.2 Å². The predicted molar refractivity (Wildman–Crippen MR) is 83.3 cm³/mol. The average molecular weight is 295 g/mol. The van der Waals surface area contributed by atoms with Gasteiger partial charge < -0.3 is 15.3 Å². The summed E-state index contributed by atoms with van der Waals surface area (Å²) in [6.45, 7) is 3.28. The molecule has 2 aliphatic rings. The van der Waals surface area contributed by atoms with Crippen molar-refractivity contribution in [2.45, 2.75) is 38.3 Å². The summed E-state index contributed by atoms with van der Waals surface area (Å²) in [5.41, 5.74) is 2.60. The molecule has 1 saturated heterocycles. The number of anilines is 1. The average Bonchev–Trinajstić information content (AvgIpc) is 3.30. The molecule has 1 aliphatic heterocycles. The van der Waals surface area contributed by atoms with Crippen molar-refractivity contribution in [3.63, 3.8) is 0 Å². The van der Waals surface area contributed by atoms with Crippen LogP contribution >= 0.6 is 11.6 Å². The Hall–Kier alpha value is -0.770. The van der Waals surface area contributed by atoms with E-state index >= 15 is 0 Å². The van der Waals surface area contributed by atoms with E-state index in [1.165, 1.54) is 24.1 Å². The highest BCUT2D eigenvalue weighted by Gasteiger charge is 2.23. The molecular weight excluding hydrogens is 272 g/mol. The number of aliphatic hydroxyl groups excluding tert-OH is 1. The van der Waals surface area contributed by atoms with Crippen molar-refractivity contribution in [2.24, 2.45) is 5.92 Å². The maximum Gasteiger partial charge on any atom is 0.0460 e. The van der Waals surface area contributed by atoms with Gasteiger partial charge in [0.05, 0.1) is 0 Å². The summed E-state index contributed by atoms with van der Waals surface area (Å²) in [5, 5.41) is 13.6. The first-order valence-corrected chi connectivity index (χ1v) is 8.01. The summed E-state index contributed by atoms with van der Waals surface area (Å²) in [5.74, 6) is 0.471. The highest BCUT2D eigenvalue weighted by Crippen LogP contribution is 2.30. The van der Waals surface area contributed by atoms with Gasteiger partial charge in [0.1, 0.15) is 0 Å². The highest BCUT2D eigenvalue weighted by atomic mass is 35.5. The molecule has 1 aliphatic carbocycles. The monoisotopic (exact) mass is 294 g/mol. The number of rotatable bonds is 5. The molecule has 2 N–H and O–H groups in total. The number of nitrogens with zero attached hydrogens (tertiary/aromatic N) is 1. The summed E-state index contributed by atoms with van der Waals surface area (Å²) >= 11 is 6.18. The lowest BCUT2D eigenvalue weighted by molar-refractivity contribution is 0.203. The van der Waals surface area contributed by atoms with Gasteiger partial charge in [-0.2, -0.15) is 0 Å². The standard InChI is InChI=1S/C16H23ClN2O/c17-14-2-1-13(10-18-15-3-4-15)16(9-14)19-7-5-12(11-20)6-8-19/h1-2,9,12,15,18,20H,3-8,10-11H2. The normalized spacial score (nSPS) is 20.4. The second-order valence-electron chi connectivity index (χ2n) is 6.04. The zero-order valence-electron chi connectivity index (χ0n) is 11.8. The van der Waals surface area contributed by atoms with Crippen LogP contribution in [0.2, 0.25) is 5.02 Å². The van der Waals surface area contributed by atoms with Crippen molar-refractivity contribution in [1.82, 2.24) is 5.32 Å². The first-order valence-electron chi connectivity index (χ1n) is 7.64. The molecule has 0 bridgehead atoms. The minimum atomic E-state index is 0.319. The molecule has 0 atom stereocenters. The maximum absolute atomic E-state index is 9.25. The summed E-state index contributed by atoms with van der Waals surface area (Å²) in [7, 11) is 0. The van der Waals surface area contributed by atoms with Gasteiger partial charge in [0.15, 0.2) is 0 Å². The van der Waals surface area contributed by atoms with Gasteiger partial charge in [0.2, 0.25) is 0 Å². The summed E-state index contributed by atoms with van der Waals surface area (Å²) in [6, 6.07) is 6.93. The number of hydrogen-bond donors (Lipinski definition) is 2. The Kier molecular flexibility index (Phi) is 4.49. The quantitative estimate of drug-likeness (QED) is 0.876. The van der Waals surface area contributed by atoms with Gasteiger partial charge in [0, 0.05) is 43.0 Å². The van der Waals surface area contributed by atoms with Crippen LogP contribution in [0.25, 0.3) is 0 Å². The molecule has 0 unspecified atom stereocenters. The fourth-order valence-corrected chi connectivity index (χ4v) is 3.05. The van der Waals surface area contributed by atoms with Crippen molar-refractivity contribution in [1.29, 1.82) is 0 Å². The highest BCUT2D eigenvalue weighted by molar-refractivity contribution is 6.30. The lowest BCUT2D eigenvalue weighted by atomic mass is 9.97. The Bertz CT molecular complexity index is 454. The van der Waals surface area contributed by atoms with Crippen LogP contribution in [0.15, 0.2) is 18.2 Å². The summed E-state index contributed by atoms with van der Waals surface area (Å²) < 4.78 is 0. The first-order chi connectivity index (χ1) is 9.76. The molecule has 1 aromatic rings. The third kappa shape index (κ3) is 3.46. The molecular formula is C16H23ClN2O. The van der Waals surface area contributed by atoms with Gasteiger partial charge in [0.25, 0.3) is 0 Å². The molecule has 0 amide bonds. The van der Waals surface area contributed by atoms with Gasteiger partial charge in [-0.05, 0) is 49.3 Å². The Morgan fingerprint density at radius 2 is 1.95 bits per heavy atom. The molecule has 0 spiro atoms. The van der Waals surface area contributed by atoms with Gasteiger partial charge in [-0.25, -0.2) is 0 Å². The van der Waals surface area contributed by atoms with Crippen molar-refractivity contribution < 1.29 is 5.11 Å². The van der Waals surface area contributed by atoms with Gasteiger partial charge in [-0.15, -0.1) is 0 Å². The van der Waals surface area contributed by atoms with Crippen molar-refractivity contribution in [3.8, 4) is 0 Å². The number of halogens is 1. The number of piperidine rings is 1. The Balaban J connectivity index is 1.71. The molecule has 110 valence electrons. The second-order valence-corrected chi connectivity index (χ2v) is 6.48. The molecule has 4 heteroatoms. The number of benzene rings is 1. The molecule has 1 saturated carbocycles. The molecule has 2 fully saturated rings. The number of hydrogen-bond acceptors (Lipinski definition) is 3. The van der Waals surface area contributed by atoms with Crippen LogP contribution in [-0.2, 0) is 6.54 Å². The zero-order chi connectivity index (χ0) is 13.9. The minimum Gasteiger partial charge on any atom is -0.396 e. The van der Waals surface area contributed by atoms with Crippen LogP contribution in [0.5, 0.6) is 0 Å². The predicted octanol–water partition coefficient (Wildman–Crippen LogP) is 2.80. The van der Waals surface area contributed by atoms with Crippen molar-refractivity contribution in [3.05, 3.63) is 28.8 Å². The SMILES string of the molecule is OCC1CCN(c2cc(Cl)ccc2CNC2CC2)CC1. The lowest BCUT2D eigenvalue weighted by Gasteiger charge is -2.34. The van der Waals surface area contributed by atoms with E-state index in [4.69, 9.17) is 11.6 Å². The Morgan fingerprint density at radius 1 is 1.20 bits per heavy atom. The fraction of sp³-hybridized carbons (Fsp3) is 0.625. The Morgan fingerprint density at radius 3 is 2.60 bits per heavy atom. The van der Waals surface area contributed by atoms with E-state index in [0.29, 0.717) is 12.5 Å². The Labute approximate surface area is 125 Å². The van der Waals surface area contributed by atoms with E-state index in [0.717, 1.165) is 43.5 Å². The van der Waals surface area contributed by atoms with E-state index in [-0.39, 0.29) is 0 Å². The maximum atomic E-state index is 9.25. The van der Waals surface area contributed by atoms with E-state index in [9.17, 15) is 5.11 Å². The largest absolute Gasteiger partial charge is 0.396 e. The fourth-order valence-electron chi connectivity index (χ4n) is 2.88. The van der Waals surface area contributed by atoms with Crippen molar-refractivity contribution in [2.75, 3.05) is 24.6 Å². The molecule has 0 aromatic heterocycles. The van der Waals surface area contributed by atoms with Gasteiger partial charge >= 0.3 is 0 Å². The molecule has 1 aromatic carbocycles. The second kappa shape index (κ2) is 6.33.